The molecule has 0 fully saturated rings. The van der Waals surface area contributed by atoms with Crippen LogP contribution in [-0.2, 0) is 28.7 Å². The second-order valence-electron chi connectivity index (χ2n) is 4.72. The Hall–Kier alpha value is -3.12. The molecule has 2 N–H and O–H groups in total. The molecule has 0 saturated carbocycles. The summed E-state index contributed by atoms with van der Waals surface area (Å²) < 4.78 is 10.1. The van der Waals surface area contributed by atoms with Crippen LogP contribution in [0.4, 0.5) is 10.3 Å². The number of anilines is 2. The van der Waals surface area contributed by atoms with E-state index < -0.39 is 23.8 Å². The zero-order valence-electron chi connectivity index (χ0n) is 13.3. The normalized spacial score (nSPS) is 10.5. The van der Waals surface area contributed by atoms with E-state index in [2.05, 4.69) is 30.1 Å². The van der Waals surface area contributed by atoms with Crippen LogP contribution in [0.1, 0.15) is 0 Å². The highest BCUT2D eigenvalue weighted by Crippen LogP contribution is 2.33. The molecular weight excluding hydrogens is 384 g/mol. The van der Waals surface area contributed by atoms with Crippen molar-refractivity contribution in [2.24, 2.45) is 0 Å². The fourth-order valence-electron chi connectivity index (χ4n) is 1.94. The number of nitrogens with one attached hydrogen (secondary N) is 2. The highest BCUT2D eigenvalue weighted by Gasteiger charge is 2.18. The van der Waals surface area contributed by atoms with Gasteiger partial charge in [0, 0.05) is 0 Å². The molecule has 2 amide bonds. The quantitative estimate of drug-likeness (QED) is 0.487. The van der Waals surface area contributed by atoms with Crippen LogP contribution >= 0.6 is 22.7 Å². The van der Waals surface area contributed by atoms with Gasteiger partial charge in [-0.1, -0.05) is 22.7 Å². The van der Waals surface area contributed by atoms with Gasteiger partial charge in [0.25, 0.3) is 0 Å². The number of ether oxygens (including phenoxy) is 2. The summed E-state index contributed by atoms with van der Waals surface area (Å²) in [5.41, 5.74) is 1.11. The fraction of sp³-hybridized carbons (Fsp3) is 0.143. The molecule has 0 aliphatic carbocycles. The Labute approximate surface area is 153 Å². The third-order valence-electron chi connectivity index (χ3n) is 3.08. The van der Waals surface area contributed by atoms with Gasteiger partial charge < -0.3 is 9.47 Å². The minimum absolute atomic E-state index is 0.243. The van der Waals surface area contributed by atoms with E-state index >= 15 is 0 Å². The molecular formula is C14H10N4O6S2. The number of rotatable bonds is 2. The van der Waals surface area contributed by atoms with Gasteiger partial charge in [-0.2, -0.15) is 0 Å². The lowest BCUT2D eigenvalue weighted by molar-refractivity contribution is -0.150. The molecule has 12 heteroatoms. The molecule has 0 spiro atoms. The highest BCUT2D eigenvalue weighted by molar-refractivity contribution is 7.24. The van der Waals surface area contributed by atoms with Gasteiger partial charge in [-0.15, -0.1) is 0 Å². The zero-order chi connectivity index (χ0) is 18.8. The van der Waals surface area contributed by atoms with Crippen LogP contribution in [0.15, 0.2) is 12.1 Å². The van der Waals surface area contributed by atoms with Crippen molar-refractivity contribution in [2.75, 3.05) is 24.9 Å². The first-order valence-electron chi connectivity index (χ1n) is 6.91. The lowest BCUT2D eigenvalue weighted by atomic mass is 10.3. The number of benzene rings is 1. The van der Waals surface area contributed by atoms with Crippen molar-refractivity contribution < 1.29 is 28.7 Å². The average Bonchev–Trinajstić information content (AvgIpc) is 3.19. The van der Waals surface area contributed by atoms with Gasteiger partial charge in [0.05, 0.1) is 34.7 Å². The topological polar surface area (TPSA) is 137 Å². The molecule has 0 radical (unpaired) electrons. The van der Waals surface area contributed by atoms with E-state index in [4.69, 9.17) is 0 Å². The molecule has 0 aliphatic heterocycles. The van der Waals surface area contributed by atoms with E-state index in [1.54, 1.807) is 12.1 Å². The van der Waals surface area contributed by atoms with E-state index in [0.29, 0.717) is 11.0 Å². The van der Waals surface area contributed by atoms with E-state index in [-0.39, 0.29) is 10.3 Å². The number of fused-ring (bicyclic) bond motifs is 2. The molecule has 0 unspecified atom stereocenters. The van der Waals surface area contributed by atoms with Crippen LogP contribution in [0, 0.1) is 0 Å². The first-order chi connectivity index (χ1) is 12.4. The van der Waals surface area contributed by atoms with Crippen molar-refractivity contribution in [1.82, 2.24) is 9.97 Å². The number of carbonyl (C=O) groups is 4. The van der Waals surface area contributed by atoms with Gasteiger partial charge in [0.15, 0.2) is 10.3 Å². The number of amides is 2. The number of esters is 2. The van der Waals surface area contributed by atoms with Crippen molar-refractivity contribution >= 4 is 77.1 Å². The number of aromatic nitrogens is 2. The van der Waals surface area contributed by atoms with Gasteiger partial charge in [-0.3, -0.25) is 20.2 Å². The van der Waals surface area contributed by atoms with E-state index in [1.807, 2.05) is 0 Å². The van der Waals surface area contributed by atoms with Crippen LogP contribution in [0.2, 0.25) is 0 Å². The van der Waals surface area contributed by atoms with Gasteiger partial charge in [-0.25, -0.2) is 19.6 Å². The predicted octanol–water partition coefficient (Wildman–Crippen LogP) is 1.13. The monoisotopic (exact) mass is 394 g/mol. The first kappa shape index (κ1) is 17.7. The Kier molecular flexibility index (Phi) is 4.77. The second-order valence-corrected chi connectivity index (χ2v) is 6.78. The summed E-state index contributed by atoms with van der Waals surface area (Å²) in [6.07, 6.45) is 0. The molecule has 10 nitrogen and oxygen atoms in total. The molecule has 2 heterocycles. The molecule has 0 aliphatic rings. The van der Waals surface area contributed by atoms with Crippen molar-refractivity contribution in [3.8, 4) is 0 Å². The lowest BCUT2D eigenvalue weighted by Gasteiger charge is -1.97. The minimum atomic E-state index is -1.02. The van der Waals surface area contributed by atoms with E-state index in [1.165, 1.54) is 22.7 Å². The second kappa shape index (κ2) is 7.01. The molecule has 134 valence electrons. The standard InChI is InChI=1S/C14H10N4O6S2/c1-23-11(21)9(19)17-13-15-5-3-6-8(4-7(5)25-13)26-14(16-6)18-10(20)12(22)24-2/h3-4H,1-2H3,(H,15,17,19)(H,16,18,20). The number of hydrogen-bond donors (Lipinski definition) is 2. The molecule has 1 aromatic carbocycles. The maximum absolute atomic E-state index is 11.5. The zero-order valence-corrected chi connectivity index (χ0v) is 14.9. The number of thiazole rings is 2. The van der Waals surface area contributed by atoms with Crippen LogP contribution in [0.25, 0.3) is 20.4 Å². The smallest absolute Gasteiger partial charge is 0.396 e. The molecule has 3 aromatic rings. The van der Waals surface area contributed by atoms with Gasteiger partial charge in [-0.05, 0) is 12.1 Å². The molecule has 2 aromatic heterocycles. The molecule has 0 saturated heterocycles. The largest absolute Gasteiger partial charge is 0.462 e. The Morgan fingerprint density at radius 1 is 0.808 bits per heavy atom. The summed E-state index contributed by atoms with van der Waals surface area (Å²) in [7, 11) is 2.22. The minimum Gasteiger partial charge on any atom is -0.462 e. The molecule has 0 atom stereocenters. The summed E-state index contributed by atoms with van der Waals surface area (Å²) in [6, 6.07) is 3.45. The summed E-state index contributed by atoms with van der Waals surface area (Å²) in [5, 5.41) is 5.19. The molecule has 3 rings (SSSR count). The number of carbonyl (C=O) groups excluding carboxylic acids is 4. The highest BCUT2D eigenvalue weighted by atomic mass is 32.1. The fourth-order valence-corrected chi connectivity index (χ4v) is 3.78. The average molecular weight is 394 g/mol. The summed E-state index contributed by atoms with van der Waals surface area (Å²) >= 11 is 2.33. The number of hydrogen-bond acceptors (Lipinski definition) is 10. The van der Waals surface area contributed by atoms with Gasteiger partial charge >= 0.3 is 23.8 Å². The Balaban J connectivity index is 1.86. The number of methoxy groups -OCH3 is 2. The SMILES string of the molecule is COC(=O)C(=O)Nc1nc2cc3nc(NC(=O)C(=O)OC)sc3cc2s1. The number of nitrogens with zero attached hydrogens (tertiary/aromatic N) is 2. The van der Waals surface area contributed by atoms with Gasteiger partial charge in [0.2, 0.25) is 0 Å². The summed E-state index contributed by atoms with van der Waals surface area (Å²) in [4.78, 5) is 53.8. The van der Waals surface area contributed by atoms with Crippen LogP contribution in [0.5, 0.6) is 0 Å². The third-order valence-corrected chi connectivity index (χ3v) is 4.95. The van der Waals surface area contributed by atoms with Crippen molar-refractivity contribution in [1.29, 1.82) is 0 Å². The third kappa shape index (κ3) is 3.45. The van der Waals surface area contributed by atoms with Crippen molar-refractivity contribution in [3.05, 3.63) is 12.1 Å². The Morgan fingerprint density at radius 3 is 1.62 bits per heavy atom. The van der Waals surface area contributed by atoms with Crippen LogP contribution in [0.3, 0.4) is 0 Å². The maximum Gasteiger partial charge on any atom is 0.396 e. The van der Waals surface area contributed by atoms with Crippen molar-refractivity contribution in [2.45, 2.75) is 0 Å². The van der Waals surface area contributed by atoms with E-state index in [0.717, 1.165) is 23.6 Å². The lowest BCUT2D eigenvalue weighted by Crippen LogP contribution is -2.23. The Morgan fingerprint density at radius 2 is 1.23 bits per heavy atom. The molecule has 26 heavy (non-hydrogen) atoms. The van der Waals surface area contributed by atoms with Crippen LogP contribution in [-0.4, -0.2) is 47.9 Å². The predicted molar refractivity (Wildman–Crippen MR) is 94.1 cm³/mol. The van der Waals surface area contributed by atoms with Gasteiger partial charge in [0.1, 0.15) is 0 Å². The van der Waals surface area contributed by atoms with Crippen LogP contribution < -0.4 is 10.6 Å². The summed E-state index contributed by atoms with van der Waals surface area (Å²) in [5.74, 6) is -3.87. The first-order valence-corrected chi connectivity index (χ1v) is 8.54. The maximum atomic E-state index is 11.5. The summed E-state index contributed by atoms with van der Waals surface area (Å²) in [6.45, 7) is 0. The van der Waals surface area contributed by atoms with E-state index in [9.17, 15) is 19.2 Å². The van der Waals surface area contributed by atoms with Crippen molar-refractivity contribution in [3.63, 3.8) is 0 Å². The Bertz CT molecular complexity index is 926. The molecule has 0 bridgehead atoms.